The number of quaternary nitrogens is 1. The number of rotatable bonds is 47. The van der Waals surface area contributed by atoms with Crippen molar-refractivity contribution in [3.8, 4) is 0 Å². The summed E-state index contributed by atoms with van der Waals surface area (Å²) in [7, 11) is 5.92. The van der Waals surface area contributed by atoms with E-state index in [-0.39, 0.29) is 38.6 Å². The van der Waals surface area contributed by atoms with Crippen LogP contribution in [0.2, 0.25) is 0 Å². The Morgan fingerprint density at radius 2 is 0.803 bits per heavy atom. The van der Waals surface area contributed by atoms with Crippen LogP contribution in [0.5, 0.6) is 0 Å². The third-order valence-electron chi connectivity index (χ3n) is 10.6. The van der Waals surface area contributed by atoms with Crippen molar-refractivity contribution in [2.75, 3.05) is 47.5 Å². The molecular formula is C62H98NO8+. The van der Waals surface area contributed by atoms with E-state index in [1.165, 1.54) is 6.42 Å². The SMILES string of the molecule is CC/C=C\C/C=C\C/C=C\C/C=C\C/C=C\C/C=C\C/C=C\C/C=C\C/C=C\C/C=C\CCCCC(=O)OC(COC(=O)CCCCCCC/C=C\C/C=C\CCC)COC(OCC[N+](C)(C)C)C(=O)O. The highest BCUT2D eigenvalue weighted by molar-refractivity contribution is 5.71. The molecule has 0 aromatic rings. The number of aliphatic carboxylic acids is 1. The van der Waals surface area contributed by atoms with E-state index in [0.717, 1.165) is 122 Å². The first kappa shape index (κ1) is 66.2. The standard InChI is InChI=1S/C62H97NO8/c1-6-8-10-12-14-16-18-20-21-22-23-24-25-26-27-28-29-30-31-32-33-34-35-36-37-38-39-41-43-45-47-49-51-53-60(65)71-58(57-70-62(61(66)67)68-55-54-63(3,4)5)56-69-59(64)52-50-48-46-44-42-40-19-17-15-13-11-9-7-2/h8,10-11,13-14,16-17,19-21,23-24,26-27,29-30,32-33,35-36,38-39,43,45,58,62H,6-7,9,12,15,18,22,25,28,31,34,37,40-42,44,46-57H2,1-5H3/p+1/b10-8-,13-11-,16-14-,19-17-,21-20-,24-23-,27-26-,30-29-,33-32-,36-35-,39-38-,45-43-. The van der Waals surface area contributed by atoms with Crippen LogP contribution in [-0.2, 0) is 33.3 Å². The summed E-state index contributed by atoms with van der Waals surface area (Å²) in [5.74, 6) is -2.11. The van der Waals surface area contributed by atoms with Crippen LogP contribution in [-0.4, -0.2) is 87.4 Å². The maximum Gasteiger partial charge on any atom is 0.361 e. The van der Waals surface area contributed by atoms with Gasteiger partial charge in [0.2, 0.25) is 0 Å². The highest BCUT2D eigenvalue weighted by atomic mass is 16.7. The normalized spacial score (nSPS) is 14.0. The fourth-order valence-electron chi connectivity index (χ4n) is 6.43. The van der Waals surface area contributed by atoms with Crippen molar-refractivity contribution in [1.82, 2.24) is 0 Å². The number of carboxylic acid groups (broad SMARTS) is 1. The highest BCUT2D eigenvalue weighted by Crippen LogP contribution is 2.11. The molecule has 9 heteroatoms. The van der Waals surface area contributed by atoms with Gasteiger partial charge < -0.3 is 28.5 Å². The summed E-state index contributed by atoms with van der Waals surface area (Å²) in [5.41, 5.74) is 0. The molecule has 0 radical (unpaired) electrons. The Kier molecular flexibility index (Phi) is 48.0. The lowest BCUT2D eigenvalue weighted by molar-refractivity contribution is -0.870. The van der Waals surface area contributed by atoms with Gasteiger partial charge in [0.1, 0.15) is 13.2 Å². The highest BCUT2D eigenvalue weighted by Gasteiger charge is 2.25. The zero-order chi connectivity index (χ0) is 52.0. The molecule has 0 fully saturated rings. The summed E-state index contributed by atoms with van der Waals surface area (Å²) in [4.78, 5) is 37.2. The maximum absolute atomic E-state index is 12.8. The lowest BCUT2D eigenvalue weighted by atomic mass is 10.1. The van der Waals surface area contributed by atoms with E-state index in [1.807, 2.05) is 21.1 Å². The van der Waals surface area contributed by atoms with E-state index in [1.54, 1.807) is 0 Å². The summed E-state index contributed by atoms with van der Waals surface area (Å²) in [6, 6.07) is 0. The molecule has 0 aliphatic heterocycles. The van der Waals surface area contributed by atoms with Crippen molar-refractivity contribution in [3.63, 3.8) is 0 Å². The Morgan fingerprint density at radius 1 is 0.437 bits per heavy atom. The van der Waals surface area contributed by atoms with Gasteiger partial charge in [0, 0.05) is 12.8 Å². The molecule has 0 heterocycles. The van der Waals surface area contributed by atoms with Crippen LogP contribution >= 0.6 is 0 Å². The molecule has 9 nitrogen and oxygen atoms in total. The average Bonchev–Trinajstić information content (AvgIpc) is 3.34. The van der Waals surface area contributed by atoms with Crippen LogP contribution in [0.3, 0.4) is 0 Å². The second kappa shape index (κ2) is 51.5. The fraction of sp³-hybridized carbons (Fsp3) is 0.565. The Labute approximate surface area is 432 Å². The van der Waals surface area contributed by atoms with Gasteiger partial charge in [-0.1, -0.05) is 185 Å². The minimum Gasteiger partial charge on any atom is -0.477 e. The molecule has 0 bridgehead atoms. The van der Waals surface area contributed by atoms with Crippen molar-refractivity contribution in [2.45, 2.75) is 180 Å². The summed E-state index contributed by atoms with van der Waals surface area (Å²) in [5, 5.41) is 9.67. The lowest BCUT2D eigenvalue weighted by Gasteiger charge is -2.25. The number of hydrogen-bond donors (Lipinski definition) is 1. The van der Waals surface area contributed by atoms with Gasteiger partial charge in [0.15, 0.2) is 6.10 Å². The summed E-state index contributed by atoms with van der Waals surface area (Å²) in [6.07, 6.45) is 72.2. The Hall–Kier alpha value is -4.83. The minimum absolute atomic E-state index is 0.168. The molecular weight excluding hydrogens is 887 g/mol. The van der Waals surface area contributed by atoms with Gasteiger partial charge in [-0.05, 0) is 116 Å². The number of carboxylic acids is 1. The molecule has 0 rings (SSSR count). The van der Waals surface area contributed by atoms with Crippen LogP contribution < -0.4 is 0 Å². The number of carbonyl (C=O) groups is 3. The van der Waals surface area contributed by atoms with Gasteiger partial charge in [0.05, 0.1) is 34.4 Å². The van der Waals surface area contributed by atoms with Crippen LogP contribution in [0.15, 0.2) is 146 Å². The van der Waals surface area contributed by atoms with Gasteiger partial charge in [-0.3, -0.25) is 9.59 Å². The molecule has 0 saturated heterocycles. The van der Waals surface area contributed by atoms with Crippen molar-refractivity contribution >= 4 is 17.9 Å². The van der Waals surface area contributed by atoms with Gasteiger partial charge in [-0.15, -0.1) is 0 Å². The zero-order valence-electron chi connectivity index (χ0n) is 45.1. The monoisotopic (exact) mass is 985 g/mol. The molecule has 2 atom stereocenters. The van der Waals surface area contributed by atoms with E-state index < -0.39 is 24.3 Å². The van der Waals surface area contributed by atoms with Crippen LogP contribution in [0, 0.1) is 0 Å². The van der Waals surface area contributed by atoms with Gasteiger partial charge >= 0.3 is 17.9 Å². The predicted molar refractivity (Wildman–Crippen MR) is 299 cm³/mol. The number of nitrogens with zero attached hydrogens (tertiary/aromatic N) is 1. The molecule has 1 N–H and O–H groups in total. The smallest absolute Gasteiger partial charge is 0.361 e. The van der Waals surface area contributed by atoms with Crippen molar-refractivity contribution in [3.05, 3.63) is 146 Å². The predicted octanol–water partition coefficient (Wildman–Crippen LogP) is 15.7. The molecule has 0 spiro atoms. The molecule has 0 aliphatic rings. The van der Waals surface area contributed by atoms with E-state index in [9.17, 15) is 19.5 Å². The number of unbranched alkanes of at least 4 members (excludes halogenated alkanes) is 8. The third kappa shape index (κ3) is 52.8. The fourth-order valence-corrected chi connectivity index (χ4v) is 6.43. The number of likely N-dealkylation sites (N-methyl/N-ethyl adjacent to an activating group) is 1. The number of carbonyl (C=O) groups excluding carboxylic acids is 2. The summed E-state index contributed by atoms with van der Waals surface area (Å²) >= 11 is 0. The minimum atomic E-state index is -1.53. The Bertz CT molecular complexity index is 1670. The summed E-state index contributed by atoms with van der Waals surface area (Å²) in [6.45, 7) is 4.58. The quantitative estimate of drug-likeness (QED) is 0.0211. The first-order chi connectivity index (χ1) is 34.6. The zero-order valence-corrected chi connectivity index (χ0v) is 45.1. The number of hydrogen-bond acceptors (Lipinski definition) is 7. The van der Waals surface area contributed by atoms with Gasteiger partial charge in [-0.25, -0.2) is 4.79 Å². The molecule has 0 aliphatic carbocycles. The summed E-state index contributed by atoms with van der Waals surface area (Å²) < 4.78 is 22.7. The van der Waals surface area contributed by atoms with E-state index in [2.05, 4.69) is 160 Å². The van der Waals surface area contributed by atoms with E-state index in [4.69, 9.17) is 18.9 Å². The third-order valence-corrected chi connectivity index (χ3v) is 10.6. The first-order valence-corrected chi connectivity index (χ1v) is 27.0. The van der Waals surface area contributed by atoms with Crippen LogP contribution in [0.1, 0.15) is 168 Å². The second-order valence-electron chi connectivity index (χ2n) is 18.4. The molecule has 0 saturated carbocycles. The second-order valence-corrected chi connectivity index (χ2v) is 18.4. The van der Waals surface area contributed by atoms with E-state index >= 15 is 0 Å². The van der Waals surface area contributed by atoms with Crippen molar-refractivity contribution < 1.29 is 42.9 Å². The average molecular weight is 985 g/mol. The lowest BCUT2D eigenvalue weighted by Crippen LogP contribution is -2.40. The molecule has 398 valence electrons. The van der Waals surface area contributed by atoms with Crippen molar-refractivity contribution in [1.29, 1.82) is 0 Å². The van der Waals surface area contributed by atoms with E-state index in [0.29, 0.717) is 23.9 Å². The number of esters is 2. The van der Waals surface area contributed by atoms with Crippen LogP contribution in [0.4, 0.5) is 0 Å². The molecule has 0 aromatic heterocycles. The number of ether oxygens (including phenoxy) is 4. The maximum atomic E-state index is 12.8. The molecule has 0 amide bonds. The number of allylic oxidation sites excluding steroid dienone is 24. The molecule has 0 aromatic carbocycles. The van der Waals surface area contributed by atoms with Gasteiger partial charge in [0.25, 0.3) is 6.29 Å². The molecule has 71 heavy (non-hydrogen) atoms. The van der Waals surface area contributed by atoms with Gasteiger partial charge in [-0.2, -0.15) is 0 Å². The topological polar surface area (TPSA) is 108 Å². The first-order valence-electron chi connectivity index (χ1n) is 27.0. The Balaban J connectivity index is 4.39. The largest absolute Gasteiger partial charge is 0.477 e. The molecule has 2 unspecified atom stereocenters. The van der Waals surface area contributed by atoms with Crippen molar-refractivity contribution in [2.24, 2.45) is 0 Å². The van der Waals surface area contributed by atoms with Crippen LogP contribution in [0.25, 0.3) is 0 Å². The Morgan fingerprint density at radius 3 is 1.23 bits per heavy atom.